The van der Waals surface area contributed by atoms with Crippen LogP contribution in [-0.2, 0) is 19.1 Å². The SMILES string of the molecule is CCCCCCCCC(CCCCCC)OC(=O)CCN(CCC(=O)OC(CCCCCC)CCCCCCCC)CC1CCN(CCN(C)C)C1. The Kier molecular flexibility index (Phi) is 32.2. The third kappa shape index (κ3) is 28.3. The fourth-order valence-electron chi connectivity index (χ4n) is 7.68. The molecule has 1 fully saturated rings. The molecule has 308 valence electrons. The molecule has 0 radical (unpaired) electrons. The quantitative estimate of drug-likeness (QED) is 0.0465. The Labute approximate surface area is 324 Å². The molecule has 1 heterocycles. The van der Waals surface area contributed by atoms with E-state index in [1.54, 1.807) is 0 Å². The van der Waals surface area contributed by atoms with E-state index in [9.17, 15) is 9.59 Å². The Morgan fingerprint density at radius 1 is 0.577 bits per heavy atom. The van der Waals surface area contributed by atoms with Gasteiger partial charge in [0.1, 0.15) is 12.2 Å². The van der Waals surface area contributed by atoms with Crippen molar-refractivity contribution in [2.45, 2.75) is 213 Å². The van der Waals surface area contributed by atoms with Gasteiger partial charge in [0.25, 0.3) is 0 Å². The predicted molar refractivity (Wildman–Crippen MR) is 222 cm³/mol. The van der Waals surface area contributed by atoms with Crippen LogP contribution in [0.4, 0.5) is 0 Å². The predicted octanol–water partition coefficient (Wildman–Crippen LogP) is 11.2. The highest BCUT2D eigenvalue weighted by atomic mass is 16.5. The van der Waals surface area contributed by atoms with Crippen LogP contribution in [0.5, 0.6) is 0 Å². The highest BCUT2D eigenvalue weighted by molar-refractivity contribution is 5.70. The van der Waals surface area contributed by atoms with Gasteiger partial charge in [-0.25, -0.2) is 0 Å². The summed E-state index contributed by atoms with van der Waals surface area (Å²) >= 11 is 0. The average Bonchev–Trinajstić information content (AvgIpc) is 3.58. The summed E-state index contributed by atoms with van der Waals surface area (Å²) in [5.41, 5.74) is 0. The van der Waals surface area contributed by atoms with Crippen LogP contribution in [0.2, 0.25) is 0 Å². The van der Waals surface area contributed by atoms with Gasteiger partial charge in [0, 0.05) is 39.3 Å². The molecule has 0 amide bonds. The minimum atomic E-state index is -0.0656. The molecule has 0 N–H and O–H groups in total. The van der Waals surface area contributed by atoms with Gasteiger partial charge >= 0.3 is 11.9 Å². The molecule has 1 aliphatic rings. The van der Waals surface area contributed by atoms with Gasteiger partial charge in [-0.2, -0.15) is 0 Å². The number of ether oxygens (including phenoxy) is 2. The Morgan fingerprint density at radius 2 is 0.962 bits per heavy atom. The van der Waals surface area contributed by atoms with Crippen molar-refractivity contribution in [3.05, 3.63) is 0 Å². The van der Waals surface area contributed by atoms with Gasteiger partial charge in [-0.15, -0.1) is 0 Å². The van der Waals surface area contributed by atoms with Crippen LogP contribution >= 0.6 is 0 Å². The van der Waals surface area contributed by atoms with Crippen molar-refractivity contribution in [2.75, 3.05) is 59.9 Å². The lowest BCUT2D eigenvalue weighted by atomic mass is 10.0. The minimum absolute atomic E-state index is 0.0416. The normalized spacial score (nSPS) is 16.2. The van der Waals surface area contributed by atoms with E-state index in [2.05, 4.69) is 56.5 Å². The molecule has 0 aromatic rings. The number of carbonyl (C=O) groups excluding carboxylic acids is 2. The van der Waals surface area contributed by atoms with Crippen molar-refractivity contribution >= 4 is 11.9 Å². The topological polar surface area (TPSA) is 62.3 Å². The maximum atomic E-state index is 13.3. The molecular weight excluding hydrogens is 647 g/mol. The number of carbonyl (C=O) groups is 2. The van der Waals surface area contributed by atoms with Gasteiger partial charge in [0.2, 0.25) is 0 Å². The first-order valence-corrected chi connectivity index (χ1v) is 22.8. The van der Waals surface area contributed by atoms with E-state index < -0.39 is 0 Å². The van der Waals surface area contributed by atoms with E-state index in [-0.39, 0.29) is 24.1 Å². The second-order valence-corrected chi connectivity index (χ2v) is 16.6. The summed E-state index contributed by atoms with van der Waals surface area (Å²) in [6.45, 7) is 15.6. The summed E-state index contributed by atoms with van der Waals surface area (Å²) in [6.07, 6.45) is 30.8. The molecule has 0 bridgehead atoms. The van der Waals surface area contributed by atoms with Crippen LogP contribution in [0.25, 0.3) is 0 Å². The summed E-state index contributed by atoms with van der Waals surface area (Å²) < 4.78 is 12.4. The first-order chi connectivity index (χ1) is 25.3. The molecule has 1 aliphatic heterocycles. The Morgan fingerprint density at radius 3 is 1.37 bits per heavy atom. The maximum absolute atomic E-state index is 13.3. The molecule has 3 atom stereocenters. The van der Waals surface area contributed by atoms with Crippen molar-refractivity contribution in [1.82, 2.24) is 14.7 Å². The molecule has 0 aromatic heterocycles. The monoisotopic (exact) mass is 736 g/mol. The number of nitrogens with zero attached hydrogens (tertiary/aromatic N) is 3. The summed E-state index contributed by atoms with van der Waals surface area (Å²) in [5, 5.41) is 0. The highest BCUT2D eigenvalue weighted by Crippen LogP contribution is 2.21. The lowest BCUT2D eigenvalue weighted by Gasteiger charge is -2.26. The molecule has 52 heavy (non-hydrogen) atoms. The molecule has 0 aromatic carbocycles. The Balaban J connectivity index is 2.78. The van der Waals surface area contributed by atoms with Crippen molar-refractivity contribution in [2.24, 2.45) is 5.92 Å². The van der Waals surface area contributed by atoms with Gasteiger partial charge < -0.3 is 24.2 Å². The summed E-state index contributed by atoms with van der Waals surface area (Å²) in [5.74, 6) is 0.431. The lowest BCUT2D eigenvalue weighted by molar-refractivity contribution is -0.150. The van der Waals surface area contributed by atoms with Crippen LogP contribution in [0.15, 0.2) is 0 Å². The first kappa shape index (κ1) is 48.8. The van der Waals surface area contributed by atoms with Gasteiger partial charge in [-0.3, -0.25) is 9.59 Å². The molecule has 7 heteroatoms. The average molecular weight is 736 g/mol. The molecule has 0 saturated carbocycles. The molecule has 1 saturated heterocycles. The van der Waals surface area contributed by atoms with Crippen LogP contribution < -0.4 is 0 Å². The second-order valence-electron chi connectivity index (χ2n) is 16.6. The van der Waals surface area contributed by atoms with Crippen LogP contribution in [-0.4, -0.2) is 98.8 Å². The fourth-order valence-corrected chi connectivity index (χ4v) is 7.68. The van der Waals surface area contributed by atoms with Gasteiger partial charge in [0.15, 0.2) is 0 Å². The largest absolute Gasteiger partial charge is 0.462 e. The molecule has 0 spiro atoms. The zero-order valence-corrected chi connectivity index (χ0v) is 35.7. The van der Waals surface area contributed by atoms with E-state index in [4.69, 9.17) is 9.47 Å². The van der Waals surface area contributed by atoms with Crippen molar-refractivity contribution in [3.8, 4) is 0 Å². The molecule has 7 nitrogen and oxygen atoms in total. The van der Waals surface area contributed by atoms with Crippen molar-refractivity contribution in [1.29, 1.82) is 0 Å². The lowest BCUT2D eigenvalue weighted by Crippen LogP contribution is -2.36. The molecule has 1 rings (SSSR count). The van der Waals surface area contributed by atoms with Gasteiger partial charge in [-0.1, -0.05) is 130 Å². The summed E-state index contributed by atoms with van der Waals surface area (Å²) in [6, 6.07) is 0. The van der Waals surface area contributed by atoms with E-state index in [0.717, 1.165) is 84.1 Å². The van der Waals surface area contributed by atoms with E-state index >= 15 is 0 Å². The standard InChI is InChI=1S/C45H89N3O4/c1-7-11-15-19-21-25-29-42(27-23-17-13-9-3)51-44(49)32-35-47(39-41-31-34-48(40-41)38-37-46(5)6)36-33-45(50)52-43(28-24-18-14-10-4)30-26-22-20-16-12-8-2/h41-43H,7-40H2,1-6H3. The van der Waals surface area contributed by atoms with Crippen molar-refractivity contribution in [3.63, 3.8) is 0 Å². The van der Waals surface area contributed by atoms with E-state index in [0.29, 0.717) is 31.8 Å². The van der Waals surface area contributed by atoms with Gasteiger partial charge in [-0.05, 0) is 84.3 Å². The number of hydrogen-bond donors (Lipinski definition) is 0. The highest BCUT2D eigenvalue weighted by Gasteiger charge is 2.26. The number of likely N-dealkylation sites (N-methyl/N-ethyl adjacent to an activating group) is 1. The number of rotatable bonds is 37. The first-order valence-electron chi connectivity index (χ1n) is 22.8. The maximum Gasteiger partial charge on any atom is 0.307 e. The zero-order valence-electron chi connectivity index (χ0n) is 35.7. The number of unbranched alkanes of at least 4 members (excludes halogenated alkanes) is 16. The minimum Gasteiger partial charge on any atom is -0.462 e. The van der Waals surface area contributed by atoms with E-state index in [1.165, 1.54) is 109 Å². The van der Waals surface area contributed by atoms with E-state index in [1.807, 2.05) is 0 Å². The Hall–Kier alpha value is -1.18. The van der Waals surface area contributed by atoms with Crippen molar-refractivity contribution < 1.29 is 19.1 Å². The Bertz CT molecular complexity index is 774. The third-order valence-electron chi connectivity index (χ3n) is 11.1. The summed E-state index contributed by atoms with van der Waals surface area (Å²) in [7, 11) is 4.28. The molecule has 3 unspecified atom stereocenters. The van der Waals surface area contributed by atoms with Crippen LogP contribution in [0, 0.1) is 5.92 Å². The number of likely N-dealkylation sites (tertiary alicyclic amines) is 1. The summed E-state index contributed by atoms with van der Waals surface area (Å²) in [4.78, 5) is 33.8. The van der Waals surface area contributed by atoms with Crippen LogP contribution in [0.1, 0.15) is 201 Å². The smallest absolute Gasteiger partial charge is 0.307 e. The van der Waals surface area contributed by atoms with Crippen LogP contribution in [0.3, 0.4) is 0 Å². The number of esters is 2. The van der Waals surface area contributed by atoms with Gasteiger partial charge in [0.05, 0.1) is 12.8 Å². The zero-order chi connectivity index (χ0) is 38.1. The second kappa shape index (κ2) is 34.3. The molecular formula is C45H89N3O4. The number of hydrogen-bond acceptors (Lipinski definition) is 7. The molecule has 0 aliphatic carbocycles. The fraction of sp³-hybridized carbons (Fsp3) is 0.956. The third-order valence-corrected chi connectivity index (χ3v) is 11.1.